The second kappa shape index (κ2) is 10.1. The molecule has 1 amide bonds. The summed E-state index contributed by atoms with van der Waals surface area (Å²) in [6.07, 6.45) is 0.849. The minimum atomic E-state index is -0.0452. The third-order valence-corrected chi connectivity index (χ3v) is 5.01. The Labute approximate surface area is 178 Å². The van der Waals surface area contributed by atoms with Gasteiger partial charge < -0.3 is 10.1 Å². The molecule has 158 valence electrons. The van der Waals surface area contributed by atoms with Crippen LogP contribution in [-0.4, -0.2) is 47.3 Å². The maximum absolute atomic E-state index is 12.6. The Balaban J connectivity index is 1.48. The summed E-state index contributed by atoms with van der Waals surface area (Å²) in [5.41, 5.74) is 4.61. The molecule has 1 aromatic heterocycles. The first-order chi connectivity index (χ1) is 14.5. The van der Waals surface area contributed by atoms with E-state index in [1.807, 2.05) is 92.0 Å². The van der Waals surface area contributed by atoms with E-state index in [9.17, 15) is 4.79 Å². The molecule has 30 heavy (non-hydrogen) atoms. The summed E-state index contributed by atoms with van der Waals surface area (Å²) in [6.45, 7) is 7.64. The summed E-state index contributed by atoms with van der Waals surface area (Å²) in [4.78, 5) is 14.6. The Bertz CT molecular complexity index is 982. The van der Waals surface area contributed by atoms with Gasteiger partial charge in [-0.2, -0.15) is 5.10 Å². The highest BCUT2D eigenvalue weighted by atomic mass is 16.5. The van der Waals surface area contributed by atoms with Gasteiger partial charge in [-0.05, 0) is 58.0 Å². The lowest BCUT2D eigenvalue weighted by molar-refractivity contribution is -0.117. The molecule has 0 saturated heterocycles. The number of amides is 1. The molecule has 0 bridgehead atoms. The van der Waals surface area contributed by atoms with E-state index in [-0.39, 0.29) is 5.91 Å². The molecule has 6 nitrogen and oxygen atoms in total. The fourth-order valence-electron chi connectivity index (χ4n) is 3.38. The van der Waals surface area contributed by atoms with Crippen LogP contribution in [0, 0.1) is 20.8 Å². The topological polar surface area (TPSA) is 59.4 Å². The van der Waals surface area contributed by atoms with Crippen LogP contribution in [0.1, 0.15) is 23.4 Å². The van der Waals surface area contributed by atoms with E-state index in [2.05, 4.69) is 10.4 Å². The van der Waals surface area contributed by atoms with E-state index in [1.165, 1.54) is 0 Å². The van der Waals surface area contributed by atoms with Gasteiger partial charge in [0.15, 0.2) is 0 Å². The predicted molar refractivity (Wildman–Crippen MR) is 120 cm³/mol. The molecule has 6 heteroatoms. The minimum absolute atomic E-state index is 0.0452. The number of rotatable bonds is 9. The predicted octanol–water partition coefficient (Wildman–Crippen LogP) is 4.14. The second-order valence-electron chi connectivity index (χ2n) is 7.55. The number of anilines is 1. The van der Waals surface area contributed by atoms with E-state index in [4.69, 9.17) is 4.74 Å². The summed E-state index contributed by atoms with van der Waals surface area (Å²) in [5.74, 6) is 0.871. The lowest BCUT2D eigenvalue weighted by Gasteiger charge is -2.17. The van der Waals surface area contributed by atoms with Crippen molar-refractivity contribution in [2.24, 2.45) is 0 Å². The number of nitrogens with one attached hydrogen (secondary N) is 1. The summed E-state index contributed by atoms with van der Waals surface area (Å²) in [5, 5.41) is 7.61. The summed E-state index contributed by atoms with van der Waals surface area (Å²) in [7, 11) is 1.94. The van der Waals surface area contributed by atoms with Crippen LogP contribution < -0.4 is 10.1 Å². The molecule has 0 aliphatic carbocycles. The van der Waals surface area contributed by atoms with Crippen LogP contribution in [0.25, 0.3) is 5.69 Å². The first kappa shape index (κ1) is 21.6. The van der Waals surface area contributed by atoms with Gasteiger partial charge in [0.2, 0.25) is 5.91 Å². The number of hydrogen-bond donors (Lipinski definition) is 1. The fourth-order valence-corrected chi connectivity index (χ4v) is 3.38. The Kier molecular flexibility index (Phi) is 7.25. The molecule has 0 aliphatic rings. The number of carbonyl (C=O) groups is 1. The van der Waals surface area contributed by atoms with Crippen LogP contribution in [-0.2, 0) is 4.79 Å². The molecule has 2 aromatic carbocycles. The number of ether oxygens (including phenoxy) is 1. The molecular formula is C24H30N4O2. The minimum Gasteiger partial charge on any atom is -0.493 e. The van der Waals surface area contributed by atoms with Gasteiger partial charge in [-0.25, -0.2) is 4.68 Å². The first-order valence-corrected chi connectivity index (χ1v) is 10.2. The quantitative estimate of drug-likeness (QED) is 0.543. The number of nitrogens with zero attached hydrogens (tertiary/aromatic N) is 3. The van der Waals surface area contributed by atoms with Crippen molar-refractivity contribution in [1.82, 2.24) is 14.7 Å². The van der Waals surface area contributed by atoms with Crippen LogP contribution >= 0.6 is 0 Å². The van der Waals surface area contributed by atoms with Crippen LogP contribution in [0.4, 0.5) is 5.69 Å². The molecule has 0 atom stereocenters. The molecular weight excluding hydrogens is 376 g/mol. The molecule has 3 rings (SSSR count). The van der Waals surface area contributed by atoms with Gasteiger partial charge >= 0.3 is 0 Å². The molecule has 0 unspecified atom stereocenters. The number of hydrogen-bond acceptors (Lipinski definition) is 4. The summed E-state index contributed by atoms with van der Waals surface area (Å²) >= 11 is 0. The third-order valence-electron chi connectivity index (χ3n) is 5.01. The number of carbonyl (C=O) groups excluding carboxylic acids is 1. The monoisotopic (exact) mass is 406 g/mol. The van der Waals surface area contributed by atoms with Crippen LogP contribution in [0.2, 0.25) is 0 Å². The zero-order valence-electron chi connectivity index (χ0n) is 18.2. The van der Waals surface area contributed by atoms with Gasteiger partial charge in [0.05, 0.1) is 35.9 Å². The molecule has 1 N–H and O–H groups in total. The van der Waals surface area contributed by atoms with Gasteiger partial charge in [0.25, 0.3) is 0 Å². The Morgan fingerprint density at radius 3 is 2.50 bits per heavy atom. The van der Waals surface area contributed by atoms with E-state index in [1.54, 1.807) is 0 Å². The van der Waals surface area contributed by atoms with Gasteiger partial charge in [-0.15, -0.1) is 0 Å². The Morgan fingerprint density at radius 1 is 1.07 bits per heavy atom. The van der Waals surface area contributed by atoms with E-state index in [0.717, 1.165) is 47.0 Å². The zero-order chi connectivity index (χ0) is 21.5. The summed E-state index contributed by atoms with van der Waals surface area (Å²) in [6, 6.07) is 17.9. The zero-order valence-corrected chi connectivity index (χ0v) is 18.2. The van der Waals surface area contributed by atoms with E-state index >= 15 is 0 Å². The standard InChI is InChI=1S/C24H30N4O2/c1-18-11-8-9-14-22(18)30-16-10-15-27(4)17-23(29)25-24-19(2)26-28(20(24)3)21-12-6-5-7-13-21/h5-9,11-14H,10,15-17H2,1-4H3,(H,25,29). The lowest BCUT2D eigenvalue weighted by Crippen LogP contribution is -2.31. The molecule has 0 saturated carbocycles. The molecule has 1 heterocycles. The molecule has 0 radical (unpaired) electrons. The number of likely N-dealkylation sites (N-methyl/N-ethyl adjacent to an activating group) is 1. The third kappa shape index (κ3) is 5.48. The highest BCUT2D eigenvalue weighted by Crippen LogP contribution is 2.22. The number of benzene rings is 2. The number of aryl methyl sites for hydroxylation is 2. The normalized spacial score (nSPS) is 11.0. The maximum Gasteiger partial charge on any atom is 0.238 e. The van der Waals surface area contributed by atoms with Gasteiger partial charge in [-0.3, -0.25) is 9.69 Å². The van der Waals surface area contributed by atoms with Crippen molar-refractivity contribution < 1.29 is 9.53 Å². The van der Waals surface area contributed by atoms with Crippen LogP contribution in [0.15, 0.2) is 54.6 Å². The Morgan fingerprint density at radius 2 is 1.77 bits per heavy atom. The van der Waals surface area contributed by atoms with Crippen molar-refractivity contribution >= 4 is 11.6 Å². The molecule has 0 spiro atoms. The van der Waals surface area contributed by atoms with Crippen molar-refractivity contribution in [3.8, 4) is 11.4 Å². The number of para-hydroxylation sites is 2. The summed E-state index contributed by atoms with van der Waals surface area (Å²) < 4.78 is 7.68. The largest absolute Gasteiger partial charge is 0.493 e. The number of aromatic nitrogens is 2. The van der Waals surface area contributed by atoms with E-state index in [0.29, 0.717) is 13.2 Å². The van der Waals surface area contributed by atoms with Crippen molar-refractivity contribution in [2.45, 2.75) is 27.2 Å². The average molecular weight is 407 g/mol. The second-order valence-corrected chi connectivity index (χ2v) is 7.55. The van der Waals surface area contributed by atoms with Gasteiger partial charge in [0.1, 0.15) is 5.75 Å². The highest BCUT2D eigenvalue weighted by Gasteiger charge is 2.16. The van der Waals surface area contributed by atoms with Gasteiger partial charge in [0, 0.05) is 6.54 Å². The van der Waals surface area contributed by atoms with Crippen LogP contribution in [0.3, 0.4) is 0 Å². The van der Waals surface area contributed by atoms with Crippen molar-refractivity contribution in [1.29, 1.82) is 0 Å². The van der Waals surface area contributed by atoms with Crippen LogP contribution in [0.5, 0.6) is 5.75 Å². The smallest absolute Gasteiger partial charge is 0.238 e. The van der Waals surface area contributed by atoms with Gasteiger partial charge in [-0.1, -0.05) is 36.4 Å². The van der Waals surface area contributed by atoms with E-state index < -0.39 is 0 Å². The Hall–Kier alpha value is -3.12. The molecule has 0 aliphatic heterocycles. The molecule has 0 fully saturated rings. The van der Waals surface area contributed by atoms with Crippen molar-refractivity contribution in [3.05, 3.63) is 71.5 Å². The molecule has 3 aromatic rings. The van der Waals surface area contributed by atoms with Crippen molar-refractivity contribution in [3.63, 3.8) is 0 Å². The lowest BCUT2D eigenvalue weighted by atomic mass is 10.2. The maximum atomic E-state index is 12.6. The fraction of sp³-hybridized carbons (Fsp3) is 0.333. The van der Waals surface area contributed by atoms with Crippen molar-refractivity contribution in [2.75, 3.05) is 32.1 Å². The first-order valence-electron chi connectivity index (χ1n) is 10.2. The average Bonchev–Trinajstić information content (AvgIpc) is 3.01. The SMILES string of the molecule is Cc1ccccc1OCCCN(C)CC(=O)Nc1c(C)nn(-c2ccccc2)c1C. The highest BCUT2D eigenvalue weighted by molar-refractivity contribution is 5.93.